The fourth-order valence-electron chi connectivity index (χ4n) is 6.67. The molecule has 0 bridgehead atoms. The Balaban J connectivity index is 1.13. The lowest BCUT2D eigenvalue weighted by Crippen LogP contribution is -2.43. The van der Waals surface area contributed by atoms with Gasteiger partial charge in [0.15, 0.2) is 11.5 Å². The van der Waals surface area contributed by atoms with Crippen molar-refractivity contribution in [2.24, 2.45) is 17.8 Å². The Morgan fingerprint density at radius 3 is 2.58 bits per heavy atom. The number of aryl methyl sites for hydroxylation is 1. The highest BCUT2D eigenvalue weighted by Crippen LogP contribution is 2.48. The lowest BCUT2D eigenvalue weighted by Gasteiger charge is -2.39. The number of rotatable bonds is 6. The van der Waals surface area contributed by atoms with Gasteiger partial charge in [0.1, 0.15) is 12.7 Å². The molecule has 7 nitrogen and oxygen atoms in total. The summed E-state index contributed by atoms with van der Waals surface area (Å²) in [7, 11) is 0. The predicted octanol–water partition coefficient (Wildman–Crippen LogP) is 4.95. The van der Waals surface area contributed by atoms with Crippen LogP contribution in [0.15, 0.2) is 21.8 Å². The third-order valence-electron chi connectivity index (χ3n) is 9.01. The van der Waals surface area contributed by atoms with Gasteiger partial charge in [-0.3, -0.25) is 14.5 Å². The number of piperidine rings is 1. The molecule has 2 saturated carbocycles. The summed E-state index contributed by atoms with van der Waals surface area (Å²) in [6.45, 7) is 6.93. The van der Waals surface area contributed by atoms with Gasteiger partial charge in [0, 0.05) is 53.0 Å². The number of nitrogens with zero attached hydrogens (tertiary/aromatic N) is 1. The maximum atomic E-state index is 13.2. The molecule has 1 saturated heterocycles. The van der Waals surface area contributed by atoms with Crippen molar-refractivity contribution in [3.63, 3.8) is 0 Å². The highest BCUT2D eigenvalue weighted by atomic mass is 35.5. The molecule has 0 unspecified atom stereocenters. The van der Waals surface area contributed by atoms with Gasteiger partial charge in [-0.1, -0.05) is 11.6 Å². The number of ether oxygens (including phenoxy) is 2. The summed E-state index contributed by atoms with van der Waals surface area (Å²) >= 11 is 8.05. The summed E-state index contributed by atoms with van der Waals surface area (Å²) in [5, 5.41) is 3.27. The van der Waals surface area contributed by atoms with E-state index in [-0.39, 0.29) is 24.1 Å². The Labute approximate surface area is 233 Å². The highest BCUT2D eigenvalue weighted by molar-refractivity contribution is 7.98. The van der Waals surface area contributed by atoms with Crippen molar-refractivity contribution in [3.05, 3.63) is 49.9 Å². The number of hydrogen-bond donors (Lipinski definition) is 2. The first kappa shape index (κ1) is 26.1. The summed E-state index contributed by atoms with van der Waals surface area (Å²) in [6, 6.07) is 4.27. The summed E-state index contributed by atoms with van der Waals surface area (Å²) in [5.41, 5.74) is 2.28. The van der Waals surface area contributed by atoms with Crippen LogP contribution in [0.1, 0.15) is 59.3 Å². The molecule has 2 aliphatic heterocycles. The Morgan fingerprint density at radius 1 is 1.13 bits per heavy atom. The number of aromatic amines is 1. The number of benzene rings is 1. The number of likely N-dealkylation sites (tertiary alicyclic amines) is 1. The van der Waals surface area contributed by atoms with Crippen molar-refractivity contribution < 1.29 is 14.3 Å². The second-order valence-corrected chi connectivity index (χ2v) is 12.7. The number of carbonyl (C=O) groups is 1. The first-order valence-electron chi connectivity index (χ1n) is 13.7. The number of pyridine rings is 1. The number of halogens is 1. The molecule has 1 amide bonds. The quantitative estimate of drug-likeness (QED) is 0.489. The average molecular weight is 558 g/mol. The largest absolute Gasteiger partial charge is 0.484 e. The number of amides is 1. The molecular weight excluding hydrogens is 522 g/mol. The second-order valence-electron chi connectivity index (χ2n) is 11.4. The van der Waals surface area contributed by atoms with E-state index in [1.807, 2.05) is 26.2 Å². The normalized spacial score (nSPS) is 28.2. The molecule has 1 aromatic heterocycles. The molecule has 2 N–H and O–H groups in total. The Kier molecular flexibility index (Phi) is 7.16. The minimum atomic E-state index is -0.297. The molecule has 4 aliphatic rings. The molecule has 0 radical (unpaired) electrons. The van der Waals surface area contributed by atoms with Gasteiger partial charge in [-0.2, -0.15) is 0 Å². The number of nitrogens with one attached hydrogen (secondary N) is 2. The zero-order valence-electron chi connectivity index (χ0n) is 22.3. The third-order valence-corrected chi connectivity index (χ3v) is 10.1. The van der Waals surface area contributed by atoms with Crippen molar-refractivity contribution in [2.45, 2.75) is 69.5 Å². The van der Waals surface area contributed by atoms with Crippen molar-refractivity contribution in [1.29, 1.82) is 0 Å². The van der Waals surface area contributed by atoms with Crippen molar-refractivity contribution in [2.75, 3.05) is 26.0 Å². The molecule has 38 heavy (non-hydrogen) atoms. The lowest BCUT2D eigenvalue weighted by atomic mass is 9.82. The third kappa shape index (κ3) is 4.95. The highest BCUT2D eigenvalue weighted by Gasteiger charge is 2.47. The Bertz CT molecular complexity index is 1300. The molecule has 3 fully saturated rings. The predicted molar refractivity (Wildman–Crippen MR) is 150 cm³/mol. The van der Waals surface area contributed by atoms with Gasteiger partial charge in [-0.05, 0) is 82.1 Å². The van der Waals surface area contributed by atoms with Gasteiger partial charge in [-0.25, -0.2) is 0 Å². The second kappa shape index (κ2) is 10.4. The van der Waals surface area contributed by atoms with E-state index in [4.69, 9.17) is 21.1 Å². The van der Waals surface area contributed by atoms with Crippen LogP contribution in [-0.4, -0.2) is 53.9 Å². The number of thioether (sulfide) groups is 1. The van der Waals surface area contributed by atoms with Gasteiger partial charge in [0.25, 0.3) is 11.5 Å². The van der Waals surface area contributed by atoms with Crippen LogP contribution in [0.2, 0.25) is 5.02 Å². The maximum absolute atomic E-state index is 13.2. The SMILES string of the molecule is CSc1cc(C)[nH]c(=O)c1CNC(=O)c1cc(Cl)c2c(c1C)O[C@@H](C1CCC(N3C[C@H]4C[C@H]4C3)CC1)CO2. The van der Waals surface area contributed by atoms with Gasteiger partial charge >= 0.3 is 0 Å². The standard InChI is InChI=1S/C29H36ClN3O4S/c1-15-8-25(38-3)22(29(35)32-15)11-31-28(34)21-10-23(30)27-26(16(21)2)37-24(14-36-27)17-4-6-20(7-5-17)33-12-18-9-19(18)13-33/h8,10,17-20,24H,4-7,9,11-14H2,1-3H3,(H,31,34)(H,32,35)/t17?,18-,19+,20?,24-/m1/s1. The topological polar surface area (TPSA) is 83.7 Å². The van der Waals surface area contributed by atoms with Crippen LogP contribution in [0, 0.1) is 31.6 Å². The van der Waals surface area contributed by atoms with E-state index in [2.05, 4.69) is 15.2 Å². The van der Waals surface area contributed by atoms with Crippen LogP contribution in [-0.2, 0) is 6.54 Å². The monoisotopic (exact) mass is 557 g/mol. The molecule has 3 heterocycles. The molecule has 2 aliphatic carbocycles. The van der Waals surface area contributed by atoms with Gasteiger partial charge in [0.2, 0.25) is 0 Å². The Hall–Kier alpha value is -2.16. The van der Waals surface area contributed by atoms with Crippen LogP contribution in [0.3, 0.4) is 0 Å². The number of aromatic nitrogens is 1. The fourth-order valence-corrected chi connectivity index (χ4v) is 7.62. The number of carbonyl (C=O) groups excluding carboxylic acids is 1. The van der Waals surface area contributed by atoms with Gasteiger partial charge in [-0.15, -0.1) is 11.8 Å². The molecule has 9 heteroatoms. The molecule has 2 aromatic rings. The zero-order chi connectivity index (χ0) is 26.6. The summed E-state index contributed by atoms with van der Waals surface area (Å²) in [6.07, 6.45) is 8.03. The van der Waals surface area contributed by atoms with E-state index in [9.17, 15) is 9.59 Å². The van der Waals surface area contributed by atoms with Crippen molar-refractivity contribution >= 4 is 29.3 Å². The molecule has 3 atom stereocenters. The maximum Gasteiger partial charge on any atom is 0.254 e. The van der Waals surface area contributed by atoms with Crippen molar-refractivity contribution in [3.8, 4) is 11.5 Å². The molecule has 1 aromatic carbocycles. The molecule has 0 spiro atoms. The van der Waals surface area contributed by atoms with Gasteiger partial charge < -0.3 is 19.8 Å². The van der Waals surface area contributed by atoms with Crippen molar-refractivity contribution in [1.82, 2.24) is 15.2 Å². The average Bonchev–Trinajstić information content (AvgIpc) is 3.53. The van der Waals surface area contributed by atoms with Crippen LogP contribution in [0.5, 0.6) is 11.5 Å². The lowest BCUT2D eigenvalue weighted by molar-refractivity contribution is 0.0207. The Morgan fingerprint density at radius 2 is 1.87 bits per heavy atom. The van der Waals surface area contributed by atoms with E-state index in [0.717, 1.165) is 41.3 Å². The minimum absolute atomic E-state index is 0.0428. The number of H-pyrrole nitrogens is 1. The first-order valence-corrected chi connectivity index (χ1v) is 15.3. The van der Waals surface area contributed by atoms with E-state index in [0.29, 0.717) is 45.7 Å². The van der Waals surface area contributed by atoms with Crippen LogP contribution in [0.4, 0.5) is 0 Å². The van der Waals surface area contributed by atoms with Crippen LogP contribution >= 0.6 is 23.4 Å². The summed E-state index contributed by atoms with van der Waals surface area (Å²) in [4.78, 5) is 32.1. The molecule has 204 valence electrons. The van der Waals surface area contributed by atoms with E-state index < -0.39 is 0 Å². The van der Waals surface area contributed by atoms with Crippen LogP contribution < -0.4 is 20.3 Å². The minimum Gasteiger partial charge on any atom is -0.484 e. The smallest absolute Gasteiger partial charge is 0.254 e. The first-order chi connectivity index (χ1) is 18.3. The van der Waals surface area contributed by atoms with E-state index >= 15 is 0 Å². The van der Waals surface area contributed by atoms with E-state index in [1.165, 1.54) is 44.1 Å². The molecule has 6 rings (SSSR count). The zero-order valence-corrected chi connectivity index (χ0v) is 23.8. The van der Waals surface area contributed by atoms with Crippen LogP contribution in [0.25, 0.3) is 0 Å². The van der Waals surface area contributed by atoms with Gasteiger partial charge in [0.05, 0.1) is 5.02 Å². The summed E-state index contributed by atoms with van der Waals surface area (Å²) < 4.78 is 12.7. The van der Waals surface area contributed by atoms with E-state index in [1.54, 1.807) is 6.07 Å². The summed E-state index contributed by atoms with van der Waals surface area (Å²) in [5.74, 6) is 3.17. The molecular formula is C29H36ClN3O4S. The number of fused-ring (bicyclic) bond motifs is 2. The fraction of sp³-hybridized carbons (Fsp3) is 0.586. The number of hydrogen-bond acceptors (Lipinski definition) is 6.